The first-order valence-electron chi connectivity index (χ1n) is 7.86. The summed E-state index contributed by atoms with van der Waals surface area (Å²) in [5, 5.41) is 25.5. The predicted octanol–water partition coefficient (Wildman–Crippen LogP) is -0.682. The minimum atomic E-state index is 0.0694. The Labute approximate surface area is 136 Å². The van der Waals surface area contributed by atoms with Crippen LogP contribution in [0.25, 0.3) is 0 Å². The zero-order chi connectivity index (χ0) is 17.8. The SMILES string of the molecule is CCN(CC)CC.CN(C)C=O.OCCN(CCO)CCO. The highest BCUT2D eigenvalue weighted by atomic mass is 16.3. The lowest BCUT2D eigenvalue weighted by atomic mass is 10.4. The number of amides is 1. The molecule has 7 heteroatoms. The number of hydrogen-bond acceptors (Lipinski definition) is 6. The molecule has 0 aliphatic rings. The van der Waals surface area contributed by atoms with E-state index >= 15 is 0 Å². The minimum absolute atomic E-state index is 0.0694. The van der Waals surface area contributed by atoms with Crippen LogP contribution in [0.15, 0.2) is 0 Å². The Kier molecular flexibility index (Phi) is 26.8. The van der Waals surface area contributed by atoms with Crippen LogP contribution in [0.2, 0.25) is 0 Å². The van der Waals surface area contributed by atoms with Crippen LogP contribution in [0.5, 0.6) is 0 Å². The van der Waals surface area contributed by atoms with Gasteiger partial charge in [-0.3, -0.25) is 9.69 Å². The summed E-state index contributed by atoms with van der Waals surface area (Å²) in [4.78, 5) is 15.0. The van der Waals surface area contributed by atoms with Gasteiger partial charge in [0.15, 0.2) is 0 Å². The summed E-state index contributed by atoms with van der Waals surface area (Å²) in [5.41, 5.74) is 0. The number of carbonyl (C=O) groups is 1. The van der Waals surface area contributed by atoms with E-state index in [0.717, 1.165) is 6.41 Å². The Hall–Kier alpha value is -0.730. The van der Waals surface area contributed by atoms with Crippen molar-refractivity contribution >= 4 is 6.41 Å². The summed E-state index contributed by atoms with van der Waals surface area (Å²) >= 11 is 0. The molecule has 0 aliphatic carbocycles. The third-order valence-electron chi connectivity index (χ3n) is 2.80. The average Bonchev–Trinajstić information content (AvgIpc) is 2.51. The van der Waals surface area contributed by atoms with Crippen molar-refractivity contribution in [1.82, 2.24) is 14.7 Å². The van der Waals surface area contributed by atoms with Gasteiger partial charge in [0, 0.05) is 33.7 Å². The van der Waals surface area contributed by atoms with Gasteiger partial charge < -0.3 is 25.1 Å². The molecular formula is C15H37N3O4. The molecule has 0 fully saturated rings. The summed E-state index contributed by atoms with van der Waals surface area (Å²) in [5.74, 6) is 0. The molecule has 136 valence electrons. The van der Waals surface area contributed by atoms with Gasteiger partial charge in [-0.25, -0.2) is 0 Å². The molecule has 0 spiro atoms. The second-order valence-corrected chi connectivity index (χ2v) is 4.70. The Morgan fingerprint density at radius 2 is 1.00 bits per heavy atom. The summed E-state index contributed by atoms with van der Waals surface area (Å²) in [6.07, 6.45) is 0.750. The third kappa shape index (κ3) is 24.3. The van der Waals surface area contributed by atoms with Gasteiger partial charge in [0.1, 0.15) is 0 Å². The smallest absolute Gasteiger partial charge is 0.209 e. The lowest BCUT2D eigenvalue weighted by Crippen LogP contribution is -2.32. The average molecular weight is 323 g/mol. The molecule has 1 amide bonds. The normalized spacial score (nSPS) is 9.73. The molecule has 0 saturated heterocycles. The zero-order valence-electron chi connectivity index (χ0n) is 15.0. The predicted molar refractivity (Wildman–Crippen MR) is 90.9 cm³/mol. The fraction of sp³-hybridized carbons (Fsp3) is 0.933. The van der Waals surface area contributed by atoms with E-state index < -0.39 is 0 Å². The van der Waals surface area contributed by atoms with Gasteiger partial charge in [0.25, 0.3) is 0 Å². The van der Waals surface area contributed by atoms with Crippen molar-refractivity contribution < 1.29 is 20.1 Å². The highest BCUT2D eigenvalue weighted by Crippen LogP contribution is 1.84. The van der Waals surface area contributed by atoms with E-state index in [4.69, 9.17) is 15.3 Å². The molecule has 0 bridgehead atoms. The maximum absolute atomic E-state index is 9.43. The number of carbonyl (C=O) groups excluding carboxylic acids is 1. The summed E-state index contributed by atoms with van der Waals surface area (Å²) in [7, 11) is 3.38. The molecule has 0 aromatic heterocycles. The highest BCUT2D eigenvalue weighted by Gasteiger charge is 2.00. The molecule has 0 rings (SSSR count). The molecule has 7 nitrogen and oxygen atoms in total. The molecule has 0 aromatic carbocycles. The van der Waals surface area contributed by atoms with Gasteiger partial charge >= 0.3 is 0 Å². The number of aliphatic hydroxyl groups excluding tert-OH is 3. The van der Waals surface area contributed by atoms with Crippen LogP contribution in [-0.2, 0) is 4.79 Å². The van der Waals surface area contributed by atoms with Crippen molar-refractivity contribution in [3.05, 3.63) is 0 Å². The van der Waals surface area contributed by atoms with E-state index in [-0.39, 0.29) is 19.8 Å². The number of nitrogens with zero attached hydrogens (tertiary/aromatic N) is 3. The maximum Gasteiger partial charge on any atom is 0.209 e. The van der Waals surface area contributed by atoms with Crippen molar-refractivity contribution in [1.29, 1.82) is 0 Å². The molecule has 0 heterocycles. The summed E-state index contributed by atoms with van der Waals surface area (Å²) in [6.45, 7) is 11.9. The second kappa shape index (κ2) is 22.5. The Balaban J connectivity index is -0.000000263. The summed E-state index contributed by atoms with van der Waals surface area (Å²) < 4.78 is 0. The van der Waals surface area contributed by atoms with Crippen LogP contribution in [0, 0.1) is 0 Å². The monoisotopic (exact) mass is 323 g/mol. The first kappa shape index (κ1) is 26.2. The third-order valence-corrected chi connectivity index (χ3v) is 2.80. The highest BCUT2D eigenvalue weighted by molar-refractivity contribution is 5.45. The fourth-order valence-corrected chi connectivity index (χ4v) is 1.43. The van der Waals surface area contributed by atoms with Crippen LogP contribution >= 0.6 is 0 Å². The molecule has 22 heavy (non-hydrogen) atoms. The molecular weight excluding hydrogens is 286 g/mol. The molecule has 0 unspecified atom stereocenters. The van der Waals surface area contributed by atoms with Crippen LogP contribution in [0.3, 0.4) is 0 Å². The standard InChI is InChI=1S/C6H15NO3.C6H15N.C3H7NO/c8-4-1-7(2-5-9)3-6-10;1-4-7(5-2)6-3;1-4(2)3-5/h8-10H,1-6H2;4-6H2,1-3H3;3H,1-2H3. The molecule has 0 atom stereocenters. The van der Waals surface area contributed by atoms with Gasteiger partial charge in [-0.15, -0.1) is 0 Å². The van der Waals surface area contributed by atoms with E-state index in [1.165, 1.54) is 24.5 Å². The zero-order valence-corrected chi connectivity index (χ0v) is 15.0. The van der Waals surface area contributed by atoms with Gasteiger partial charge in [0.2, 0.25) is 6.41 Å². The van der Waals surface area contributed by atoms with Gasteiger partial charge in [-0.05, 0) is 19.6 Å². The Bertz CT molecular complexity index is 183. The van der Waals surface area contributed by atoms with Gasteiger partial charge in [-0.2, -0.15) is 0 Å². The van der Waals surface area contributed by atoms with E-state index in [9.17, 15) is 4.79 Å². The number of rotatable bonds is 10. The molecule has 0 aromatic rings. The fourth-order valence-electron chi connectivity index (χ4n) is 1.43. The Morgan fingerprint density at radius 3 is 1.09 bits per heavy atom. The quantitative estimate of drug-likeness (QED) is 0.462. The van der Waals surface area contributed by atoms with Gasteiger partial charge in [0.05, 0.1) is 19.8 Å². The van der Waals surface area contributed by atoms with E-state index in [1.54, 1.807) is 19.0 Å². The van der Waals surface area contributed by atoms with Crippen molar-refractivity contribution in [2.24, 2.45) is 0 Å². The van der Waals surface area contributed by atoms with Crippen molar-refractivity contribution in [3.8, 4) is 0 Å². The van der Waals surface area contributed by atoms with Crippen LogP contribution in [0.4, 0.5) is 0 Å². The topological polar surface area (TPSA) is 87.5 Å². The molecule has 0 saturated carbocycles. The lowest BCUT2D eigenvalue weighted by molar-refractivity contribution is -0.115. The van der Waals surface area contributed by atoms with Gasteiger partial charge in [-0.1, -0.05) is 20.8 Å². The number of aliphatic hydroxyl groups is 3. The maximum atomic E-state index is 9.43. The van der Waals surface area contributed by atoms with E-state index in [0.29, 0.717) is 19.6 Å². The second-order valence-electron chi connectivity index (χ2n) is 4.70. The Morgan fingerprint density at radius 1 is 0.727 bits per heavy atom. The van der Waals surface area contributed by atoms with Crippen molar-refractivity contribution in [3.63, 3.8) is 0 Å². The molecule has 3 N–H and O–H groups in total. The van der Waals surface area contributed by atoms with Crippen LogP contribution in [-0.4, -0.2) is 110 Å². The van der Waals surface area contributed by atoms with E-state index in [2.05, 4.69) is 25.7 Å². The van der Waals surface area contributed by atoms with Crippen LogP contribution < -0.4 is 0 Å². The minimum Gasteiger partial charge on any atom is -0.395 e. The largest absolute Gasteiger partial charge is 0.395 e. The van der Waals surface area contributed by atoms with E-state index in [1.807, 2.05) is 0 Å². The summed E-state index contributed by atoms with van der Waals surface area (Å²) in [6, 6.07) is 0. The van der Waals surface area contributed by atoms with Crippen molar-refractivity contribution in [2.45, 2.75) is 20.8 Å². The number of hydrogen-bond donors (Lipinski definition) is 3. The first-order chi connectivity index (χ1) is 10.5. The van der Waals surface area contributed by atoms with Crippen molar-refractivity contribution in [2.75, 3.05) is 73.2 Å². The lowest BCUT2D eigenvalue weighted by Gasteiger charge is -2.17. The van der Waals surface area contributed by atoms with Crippen LogP contribution in [0.1, 0.15) is 20.8 Å². The molecule has 0 aliphatic heterocycles. The molecule has 0 radical (unpaired) electrons. The first-order valence-corrected chi connectivity index (χ1v) is 7.86.